The van der Waals surface area contributed by atoms with Gasteiger partial charge in [-0.15, -0.1) is 0 Å². The van der Waals surface area contributed by atoms with E-state index in [2.05, 4.69) is 41.1 Å². The van der Waals surface area contributed by atoms with Crippen molar-refractivity contribution in [3.63, 3.8) is 0 Å². The Labute approximate surface area is 81.4 Å². The molecule has 2 N–H and O–H groups in total. The molecule has 0 amide bonds. The third kappa shape index (κ3) is 2.47. The molecule has 0 spiro atoms. The summed E-state index contributed by atoms with van der Waals surface area (Å²) < 4.78 is 1.12. The van der Waals surface area contributed by atoms with Crippen LogP contribution in [-0.4, -0.2) is 6.54 Å². The first-order valence-corrected chi connectivity index (χ1v) is 4.66. The number of hydrogen-bond donors (Lipinski definition) is 1. The van der Waals surface area contributed by atoms with Crippen LogP contribution in [0.3, 0.4) is 0 Å². The summed E-state index contributed by atoms with van der Waals surface area (Å²) in [6.07, 6.45) is 3.96. The molecule has 0 aliphatic carbocycles. The van der Waals surface area contributed by atoms with Crippen LogP contribution in [0.5, 0.6) is 0 Å². The minimum atomic E-state index is 0.584. The van der Waals surface area contributed by atoms with Gasteiger partial charge in [-0.2, -0.15) is 0 Å². The van der Waals surface area contributed by atoms with Crippen LogP contribution < -0.4 is 5.73 Å². The number of nitrogens with two attached hydrogens (primary N) is 1. The van der Waals surface area contributed by atoms with Crippen LogP contribution in [0.1, 0.15) is 11.1 Å². The van der Waals surface area contributed by atoms with E-state index in [1.165, 1.54) is 11.1 Å². The smallest absolute Gasteiger partial charge is 0.0250 e. The Kier molecular flexibility index (Phi) is 3.50. The average Bonchev–Trinajstić information content (AvgIpc) is 2.03. The minimum Gasteiger partial charge on any atom is -0.327 e. The minimum absolute atomic E-state index is 0.584. The number of halogens is 1. The second kappa shape index (κ2) is 4.43. The molecular formula is C10H12BrN. The van der Waals surface area contributed by atoms with E-state index in [0.29, 0.717) is 6.54 Å². The fourth-order valence-corrected chi connectivity index (χ4v) is 1.59. The van der Waals surface area contributed by atoms with E-state index in [4.69, 9.17) is 5.73 Å². The highest BCUT2D eigenvalue weighted by Gasteiger charge is 1.94. The Morgan fingerprint density at radius 3 is 2.83 bits per heavy atom. The Bertz CT molecular complexity index is 292. The number of aryl methyl sites for hydroxylation is 1. The molecule has 12 heavy (non-hydrogen) atoms. The summed E-state index contributed by atoms with van der Waals surface area (Å²) in [6.45, 7) is 2.65. The molecule has 0 aliphatic rings. The van der Waals surface area contributed by atoms with Gasteiger partial charge in [0.25, 0.3) is 0 Å². The van der Waals surface area contributed by atoms with Crippen LogP contribution in [-0.2, 0) is 0 Å². The van der Waals surface area contributed by atoms with Crippen molar-refractivity contribution in [2.45, 2.75) is 6.92 Å². The molecule has 2 heteroatoms. The molecule has 0 saturated carbocycles. The van der Waals surface area contributed by atoms with Crippen LogP contribution in [0, 0.1) is 6.92 Å². The zero-order valence-corrected chi connectivity index (χ0v) is 8.64. The monoisotopic (exact) mass is 225 g/mol. The second-order valence-corrected chi connectivity index (χ2v) is 3.52. The summed E-state index contributed by atoms with van der Waals surface area (Å²) in [5.41, 5.74) is 7.78. The van der Waals surface area contributed by atoms with E-state index in [-0.39, 0.29) is 0 Å². The molecular weight excluding hydrogens is 214 g/mol. The van der Waals surface area contributed by atoms with Crippen molar-refractivity contribution >= 4 is 22.0 Å². The molecule has 1 aromatic carbocycles. The van der Waals surface area contributed by atoms with Gasteiger partial charge in [0.2, 0.25) is 0 Å². The summed E-state index contributed by atoms with van der Waals surface area (Å²) in [5, 5.41) is 0. The van der Waals surface area contributed by atoms with Crippen molar-refractivity contribution in [3.8, 4) is 0 Å². The standard InChI is InChI=1S/C10H12BrN/c1-8-4-5-9(3-2-6-12)10(11)7-8/h2-5,7H,6,12H2,1H3/b3-2+. The van der Waals surface area contributed by atoms with Crippen LogP contribution in [0.2, 0.25) is 0 Å². The second-order valence-electron chi connectivity index (χ2n) is 2.66. The summed E-state index contributed by atoms with van der Waals surface area (Å²) in [5.74, 6) is 0. The van der Waals surface area contributed by atoms with Crippen LogP contribution in [0.25, 0.3) is 6.08 Å². The molecule has 64 valence electrons. The Morgan fingerprint density at radius 1 is 1.50 bits per heavy atom. The third-order valence-corrected chi connectivity index (χ3v) is 2.28. The van der Waals surface area contributed by atoms with Gasteiger partial charge >= 0.3 is 0 Å². The van der Waals surface area contributed by atoms with Gasteiger partial charge in [0.1, 0.15) is 0 Å². The first-order valence-electron chi connectivity index (χ1n) is 3.87. The molecule has 0 saturated heterocycles. The van der Waals surface area contributed by atoms with Gasteiger partial charge in [0.15, 0.2) is 0 Å². The summed E-state index contributed by atoms with van der Waals surface area (Å²) in [4.78, 5) is 0. The first-order chi connectivity index (χ1) is 5.74. The SMILES string of the molecule is Cc1ccc(/C=C/CN)c(Br)c1. The van der Waals surface area contributed by atoms with E-state index in [1.807, 2.05) is 12.2 Å². The molecule has 0 aliphatic heterocycles. The zero-order valence-electron chi connectivity index (χ0n) is 7.05. The number of rotatable bonds is 2. The maximum Gasteiger partial charge on any atom is 0.0250 e. The first kappa shape index (κ1) is 9.49. The maximum absolute atomic E-state index is 5.35. The summed E-state index contributed by atoms with van der Waals surface area (Å²) in [6, 6.07) is 6.25. The highest BCUT2D eigenvalue weighted by Crippen LogP contribution is 2.19. The molecule has 0 bridgehead atoms. The molecule has 0 aromatic heterocycles. The Hall–Kier alpha value is -0.600. The lowest BCUT2D eigenvalue weighted by Gasteiger charge is -1.99. The van der Waals surface area contributed by atoms with Gasteiger partial charge in [-0.1, -0.05) is 40.2 Å². The van der Waals surface area contributed by atoms with Crippen molar-refractivity contribution < 1.29 is 0 Å². The van der Waals surface area contributed by atoms with Gasteiger partial charge < -0.3 is 5.73 Å². The van der Waals surface area contributed by atoms with Gasteiger partial charge in [0, 0.05) is 11.0 Å². The van der Waals surface area contributed by atoms with Crippen molar-refractivity contribution in [3.05, 3.63) is 39.9 Å². The van der Waals surface area contributed by atoms with Crippen LogP contribution >= 0.6 is 15.9 Å². The molecule has 0 radical (unpaired) electrons. The van der Waals surface area contributed by atoms with Crippen molar-refractivity contribution in [1.82, 2.24) is 0 Å². The Balaban J connectivity index is 2.94. The highest BCUT2D eigenvalue weighted by atomic mass is 79.9. The van der Waals surface area contributed by atoms with E-state index in [1.54, 1.807) is 0 Å². The average molecular weight is 226 g/mol. The van der Waals surface area contributed by atoms with Gasteiger partial charge in [-0.25, -0.2) is 0 Å². The number of benzene rings is 1. The number of hydrogen-bond acceptors (Lipinski definition) is 1. The Morgan fingerprint density at radius 2 is 2.25 bits per heavy atom. The topological polar surface area (TPSA) is 26.0 Å². The molecule has 1 nitrogen and oxygen atoms in total. The zero-order chi connectivity index (χ0) is 8.97. The molecule has 0 atom stereocenters. The maximum atomic E-state index is 5.35. The lowest BCUT2D eigenvalue weighted by Crippen LogP contribution is -1.92. The van der Waals surface area contributed by atoms with E-state index in [0.717, 1.165) is 4.47 Å². The quantitative estimate of drug-likeness (QED) is 0.824. The molecule has 0 fully saturated rings. The molecule has 1 aromatic rings. The van der Waals surface area contributed by atoms with Crippen molar-refractivity contribution in [2.24, 2.45) is 5.73 Å². The predicted molar refractivity (Wildman–Crippen MR) is 57.0 cm³/mol. The summed E-state index contributed by atoms with van der Waals surface area (Å²) >= 11 is 3.49. The predicted octanol–water partition coefficient (Wildman–Crippen LogP) is 2.73. The fraction of sp³-hybridized carbons (Fsp3) is 0.200. The van der Waals surface area contributed by atoms with Gasteiger partial charge in [-0.3, -0.25) is 0 Å². The van der Waals surface area contributed by atoms with Gasteiger partial charge in [-0.05, 0) is 24.1 Å². The normalized spacial score (nSPS) is 10.9. The largest absolute Gasteiger partial charge is 0.327 e. The van der Waals surface area contributed by atoms with Crippen molar-refractivity contribution in [1.29, 1.82) is 0 Å². The highest BCUT2D eigenvalue weighted by molar-refractivity contribution is 9.10. The van der Waals surface area contributed by atoms with Crippen molar-refractivity contribution in [2.75, 3.05) is 6.54 Å². The summed E-state index contributed by atoms with van der Waals surface area (Å²) in [7, 11) is 0. The van der Waals surface area contributed by atoms with E-state index >= 15 is 0 Å². The third-order valence-electron chi connectivity index (χ3n) is 1.59. The molecule has 0 unspecified atom stereocenters. The van der Waals surface area contributed by atoms with Crippen LogP contribution in [0.15, 0.2) is 28.7 Å². The molecule has 0 heterocycles. The lowest BCUT2D eigenvalue weighted by molar-refractivity contribution is 1.26. The molecule has 1 rings (SSSR count). The van der Waals surface area contributed by atoms with Crippen LogP contribution in [0.4, 0.5) is 0 Å². The van der Waals surface area contributed by atoms with E-state index < -0.39 is 0 Å². The fourth-order valence-electron chi connectivity index (χ4n) is 0.962. The van der Waals surface area contributed by atoms with Gasteiger partial charge in [0.05, 0.1) is 0 Å². The van der Waals surface area contributed by atoms with E-state index in [9.17, 15) is 0 Å². The lowest BCUT2D eigenvalue weighted by atomic mass is 10.1.